The Hall–Kier alpha value is -4.21. The minimum atomic E-state index is -0.798. The number of nitrogens with one attached hydrogen (secondary N) is 1. The van der Waals surface area contributed by atoms with Crippen molar-refractivity contribution >= 4 is 29.8 Å². The summed E-state index contributed by atoms with van der Waals surface area (Å²) in [5, 5.41) is 2.92. The second kappa shape index (κ2) is 11.7. The molecule has 0 bridgehead atoms. The molecule has 1 fully saturated rings. The van der Waals surface area contributed by atoms with Crippen LogP contribution in [0.2, 0.25) is 0 Å². The molecule has 0 radical (unpaired) electrons. The maximum absolute atomic E-state index is 12.7. The van der Waals surface area contributed by atoms with Gasteiger partial charge in [-0.3, -0.25) is 24.1 Å². The Morgan fingerprint density at radius 1 is 0.946 bits per heavy atom. The second-order valence-electron chi connectivity index (χ2n) is 8.90. The van der Waals surface area contributed by atoms with Crippen LogP contribution in [0.3, 0.4) is 0 Å². The molecule has 0 unspecified atom stereocenters. The Labute approximate surface area is 214 Å². The Balaban J connectivity index is 1.17. The number of rotatable bonds is 8. The molecule has 2 heterocycles. The molecular formula is C27H29N3O7. The highest BCUT2D eigenvalue weighted by Crippen LogP contribution is 2.23. The molecule has 194 valence electrons. The van der Waals surface area contributed by atoms with Crippen LogP contribution >= 0.6 is 0 Å². The molecule has 2 aliphatic rings. The predicted molar refractivity (Wildman–Crippen MR) is 132 cm³/mol. The first-order valence-electron chi connectivity index (χ1n) is 12.3. The summed E-state index contributed by atoms with van der Waals surface area (Å²) in [5.41, 5.74) is 1.20. The fourth-order valence-electron chi connectivity index (χ4n) is 4.45. The first-order valence-corrected chi connectivity index (χ1v) is 12.3. The SMILES string of the molecule is CCOC(=O)Oc1ccc(C(=O)NCC2CCN(C(=O)CCN3C(=O)c4ccccc4C3=O)CC2)cc1. The van der Waals surface area contributed by atoms with E-state index in [1.807, 2.05) is 0 Å². The summed E-state index contributed by atoms with van der Waals surface area (Å²) in [5.74, 6) is -0.523. The van der Waals surface area contributed by atoms with Crippen molar-refractivity contribution < 1.29 is 33.4 Å². The van der Waals surface area contributed by atoms with Gasteiger partial charge in [0, 0.05) is 38.2 Å². The molecule has 2 aliphatic heterocycles. The predicted octanol–water partition coefficient (Wildman–Crippen LogP) is 2.88. The maximum Gasteiger partial charge on any atom is 0.513 e. The van der Waals surface area contributed by atoms with E-state index in [4.69, 9.17) is 9.47 Å². The van der Waals surface area contributed by atoms with Gasteiger partial charge in [0.1, 0.15) is 5.75 Å². The monoisotopic (exact) mass is 507 g/mol. The third-order valence-electron chi connectivity index (χ3n) is 6.53. The summed E-state index contributed by atoms with van der Waals surface area (Å²) in [6.07, 6.45) is 0.771. The molecule has 37 heavy (non-hydrogen) atoms. The van der Waals surface area contributed by atoms with Crippen LogP contribution in [0.25, 0.3) is 0 Å². The van der Waals surface area contributed by atoms with Gasteiger partial charge >= 0.3 is 6.16 Å². The van der Waals surface area contributed by atoms with Gasteiger partial charge in [-0.05, 0) is 62.1 Å². The number of carbonyl (C=O) groups is 5. The zero-order valence-corrected chi connectivity index (χ0v) is 20.6. The molecule has 1 N–H and O–H groups in total. The highest BCUT2D eigenvalue weighted by molar-refractivity contribution is 6.21. The van der Waals surface area contributed by atoms with Crippen LogP contribution in [0.15, 0.2) is 48.5 Å². The molecule has 10 nitrogen and oxygen atoms in total. The molecular weight excluding hydrogens is 478 g/mol. The molecule has 0 spiro atoms. The van der Waals surface area contributed by atoms with Crippen molar-refractivity contribution in [2.45, 2.75) is 26.2 Å². The second-order valence-corrected chi connectivity index (χ2v) is 8.90. The zero-order valence-electron chi connectivity index (χ0n) is 20.6. The van der Waals surface area contributed by atoms with E-state index in [0.717, 1.165) is 17.7 Å². The molecule has 4 amide bonds. The third kappa shape index (κ3) is 6.14. The summed E-state index contributed by atoms with van der Waals surface area (Å²) in [6.45, 7) is 3.55. The highest BCUT2D eigenvalue weighted by atomic mass is 16.7. The zero-order chi connectivity index (χ0) is 26.4. The third-order valence-corrected chi connectivity index (χ3v) is 6.53. The number of piperidine rings is 1. The van der Waals surface area contributed by atoms with Gasteiger partial charge in [-0.25, -0.2) is 4.79 Å². The van der Waals surface area contributed by atoms with Gasteiger partial charge in [0.15, 0.2) is 0 Å². The van der Waals surface area contributed by atoms with E-state index >= 15 is 0 Å². The van der Waals surface area contributed by atoms with Gasteiger partial charge in [0.05, 0.1) is 17.7 Å². The van der Waals surface area contributed by atoms with Crippen molar-refractivity contribution in [3.8, 4) is 5.75 Å². The minimum Gasteiger partial charge on any atom is -0.434 e. The quantitative estimate of drug-likeness (QED) is 0.331. The van der Waals surface area contributed by atoms with Crippen molar-refractivity contribution in [1.29, 1.82) is 0 Å². The number of ether oxygens (including phenoxy) is 2. The molecule has 0 aromatic heterocycles. The van der Waals surface area contributed by atoms with E-state index in [0.29, 0.717) is 36.3 Å². The van der Waals surface area contributed by atoms with Crippen molar-refractivity contribution in [2.75, 3.05) is 32.8 Å². The number of likely N-dealkylation sites (tertiary alicyclic amines) is 1. The molecule has 0 saturated carbocycles. The van der Waals surface area contributed by atoms with Crippen LogP contribution in [0, 0.1) is 5.92 Å². The fraction of sp³-hybridized carbons (Fsp3) is 0.370. The Bertz CT molecular complexity index is 1150. The van der Waals surface area contributed by atoms with Crippen LogP contribution < -0.4 is 10.1 Å². The molecule has 1 saturated heterocycles. The van der Waals surface area contributed by atoms with E-state index in [9.17, 15) is 24.0 Å². The Kier molecular flexibility index (Phi) is 8.17. The van der Waals surface area contributed by atoms with E-state index in [1.54, 1.807) is 48.2 Å². The van der Waals surface area contributed by atoms with Gasteiger partial charge in [0.25, 0.3) is 17.7 Å². The van der Waals surface area contributed by atoms with E-state index in [-0.39, 0.29) is 54.9 Å². The van der Waals surface area contributed by atoms with E-state index in [1.165, 1.54) is 12.1 Å². The summed E-state index contributed by atoms with van der Waals surface area (Å²) < 4.78 is 9.70. The normalized spacial score (nSPS) is 15.4. The fourth-order valence-corrected chi connectivity index (χ4v) is 4.45. The molecule has 10 heteroatoms. The lowest BCUT2D eigenvalue weighted by atomic mass is 9.96. The van der Waals surface area contributed by atoms with Crippen molar-refractivity contribution in [2.24, 2.45) is 5.92 Å². The molecule has 0 aliphatic carbocycles. The average molecular weight is 508 g/mol. The van der Waals surface area contributed by atoms with Crippen molar-refractivity contribution in [1.82, 2.24) is 15.1 Å². The minimum absolute atomic E-state index is 0.0603. The standard InChI is InChI=1S/C27H29N3O7/c1-2-36-27(35)37-20-9-7-19(8-10-20)24(32)28-17-18-11-14-29(15-12-18)23(31)13-16-30-25(33)21-5-3-4-6-22(21)26(30)34/h3-10,18H,2,11-17H2,1H3,(H,28,32). The van der Waals surface area contributed by atoms with Crippen LogP contribution in [0.5, 0.6) is 5.75 Å². The number of hydrogen-bond donors (Lipinski definition) is 1. The summed E-state index contributed by atoms with van der Waals surface area (Å²) in [6, 6.07) is 12.9. The van der Waals surface area contributed by atoms with Gasteiger partial charge in [0.2, 0.25) is 5.91 Å². The van der Waals surface area contributed by atoms with Gasteiger partial charge in [-0.15, -0.1) is 0 Å². The Morgan fingerprint density at radius 3 is 2.16 bits per heavy atom. The van der Waals surface area contributed by atoms with E-state index in [2.05, 4.69) is 5.32 Å². The summed E-state index contributed by atoms with van der Waals surface area (Å²) >= 11 is 0. The average Bonchev–Trinajstić information content (AvgIpc) is 3.16. The largest absolute Gasteiger partial charge is 0.513 e. The van der Waals surface area contributed by atoms with Gasteiger partial charge in [-0.1, -0.05) is 12.1 Å². The lowest BCUT2D eigenvalue weighted by molar-refractivity contribution is -0.132. The number of benzene rings is 2. The molecule has 0 atom stereocenters. The number of amides is 4. The van der Waals surface area contributed by atoms with Crippen molar-refractivity contribution in [3.63, 3.8) is 0 Å². The van der Waals surface area contributed by atoms with Crippen LogP contribution in [-0.4, -0.2) is 72.4 Å². The lowest BCUT2D eigenvalue weighted by Gasteiger charge is -2.32. The number of carbonyl (C=O) groups excluding carboxylic acids is 5. The topological polar surface area (TPSA) is 122 Å². The highest BCUT2D eigenvalue weighted by Gasteiger charge is 2.35. The lowest BCUT2D eigenvalue weighted by Crippen LogP contribution is -2.43. The summed E-state index contributed by atoms with van der Waals surface area (Å²) in [4.78, 5) is 64.4. The molecule has 4 rings (SSSR count). The van der Waals surface area contributed by atoms with E-state index < -0.39 is 6.16 Å². The maximum atomic E-state index is 12.7. The van der Waals surface area contributed by atoms with Gasteiger partial charge < -0.3 is 19.7 Å². The molecule has 2 aromatic rings. The number of imide groups is 1. The van der Waals surface area contributed by atoms with Crippen LogP contribution in [0.4, 0.5) is 4.79 Å². The Morgan fingerprint density at radius 2 is 1.57 bits per heavy atom. The van der Waals surface area contributed by atoms with Gasteiger partial charge in [-0.2, -0.15) is 0 Å². The number of fused-ring (bicyclic) bond motifs is 1. The smallest absolute Gasteiger partial charge is 0.434 e. The first-order chi connectivity index (χ1) is 17.9. The van der Waals surface area contributed by atoms with Crippen molar-refractivity contribution in [3.05, 3.63) is 65.2 Å². The number of hydrogen-bond acceptors (Lipinski definition) is 7. The summed E-state index contributed by atoms with van der Waals surface area (Å²) in [7, 11) is 0. The van der Waals surface area contributed by atoms with Crippen LogP contribution in [-0.2, 0) is 9.53 Å². The first kappa shape index (κ1) is 25.9. The number of nitrogens with zero attached hydrogens (tertiary/aromatic N) is 2. The molecule has 2 aromatic carbocycles. The van der Waals surface area contributed by atoms with Crippen LogP contribution in [0.1, 0.15) is 57.3 Å².